The highest BCUT2D eigenvalue weighted by molar-refractivity contribution is 5.86. The minimum absolute atomic E-state index is 0.189. The molecule has 0 saturated carbocycles. The van der Waals surface area contributed by atoms with E-state index in [4.69, 9.17) is 5.11 Å². The van der Waals surface area contributed by atoms with Crippen molar-refractivity contribution < 1.29 is 9.90 Å². The third-order valence-electron chi connectivity index (χ3n) is 3.49. The predicted octanol–water partition coefficient (Wildman–Crippen LogP) is 1.26. The second kappa shape index (κ2) is 6.36. The Morgan fingerprint density at radius 1 is 1.45 bits per heavy atom. The topological polar surface area (TPSA) is 75.4 Å². The van der Waals surface area contributed by atoms with Gasteiger partial charge >= 0.3 is 5.97 Å². The van der Waals surface area contributed by atoms with Gasteiger partial charge < -0.3 is 10.0 Å². The molecule has 0 amide bonds. The van der Waals surface area contributed by atoms with Crippen LogP contribution in [0.2, 0.25) is 0 Å². The molecule has 1 aromatic heterocycles. The first kappa shape index (κ1) is 14.3. The lowest BCUT2D eigenvalue weighted by atomic mass is 10.2. The van der Waals surface area contributed by atoms with Crippen LogP contribution in [0, 0.1) is 0 Å². The summed E-state index contributed by atoms with van der Waals surface area (Å²) in [5.41, 5.74) is 0.940. The van der Waals surface area contributed by atoms with Crippen molar-refractivity contribution in [3.05, 3.63) is 34.3 Å². The molecule has 1 aliphatic rings. The van der Waals surface area contributed by atoms with Gasteiger partial charge in [0, 0.05) is 24.7 Å². The Balaban J connectivity index is 2.14. The maximum absolute atomic E-state index is 12.0. The number of aliphatic carboxylic acids is 1. The van der Waals surface area contributed by atoms with Gasteiger partial charge in [-0.25, -0.2) is 9.48 Å². The average molecular weight is 277 g/mol. The van der Waals surface area contributed by atoms with Crippen LogP contribution in [-0.2, 0) is 11.3 Å². The first-order chi connectivity index (χ1) is 9.61. The molecular weight excluding hydrogens is 258 g/mol. The molecule has 2 heterocycles. The molecule has 1 aromatic rings. The molecule has 6 nitrogen and oxygen atoms in total. The molecule has 1 saturated heterocycles. The Bertz CT molecular complexity index is 571. The lowest BCUT2D eigenvalue weighted by Gasteiger charge is -2.16. The molecule has 0 unspecified atom stereocenters. The molecule has 0 radical (unpaired) electrons. The van der Waals surface area contributed by atoms with E-state index in [0.29, 0.717) is 12.0 Å². The minimum Gasteiger partial charge on any atom is -0.478 e. The van der Waals surface area contributed by atoms with E-state index >= 15 is 0 Å². The Kier molecular flexibility index (Phi) is 4.55. The molecule has 1 aliphatic heterocycles. The number of hydrogen-bond donors (Lipinski definition) is 1. The highest BCUT2D eigenvalue weighted by Gasteiger charge is 2.13. The highest BCUT2D eigenvalue weighted by Crippen LogP contribution is 2.16. The standard InChI is InChI=1S/C14H19N3O3/c1-2-11(14(19)20)5-8-17-13(18)9-12(10-15-17)16-6-3-4-7-16/h5,9-10H,2-4,6-8H2,1H3,(H,19,20). The van der Waals surface area contributed by atoms with E-state index < -0.39 is 5.97 Å². The zero-order valence-electron chi connectivity index (χ0n) is 11.6. The number of rotatable bonds is 5. The third-order valence-corrected chi connectivity index (χ3v) is 3.49. The van der Waals surface area contributed by atoms with E-state index in [0.717, 1.165) is 31.6 Å². The minimum atomic E-state index is -0.950. The van der Waals surface area contributed by atoms with Crippen LogP contribution in [0.5, 0.6) is 0 Å². The van der Waals surface area contributed by atoms with E-state index in [1.807, 2.05) is 0 Å². The zero-order chi connectivity index (χ0) is 14.5. The summed E-state index contributed by atoms with van der Waals surface area (Å²) < 4.78 is 1.28. The van der Waals surface area contributed by atoms with Crippen LogP contribution in [0.4, 0.5) is 5.69 Å². The van der Waals surface area contributed by atoms with E-state index in [2.05, 4.69) is 10.00 Å². The number of hydrogen-bond acceptors (Lipinski definition) is 4. The number of allylic oxidation sites excluding steroid dienone is 1. The summed E-state index contributed by atoms with van der Waals surface area (Å²) in [6.45, 7) is 3.88. The number of nitrogens with zero attached hydrogens (tertiary/aromatic N) is 3. The second-order valence-corrected chi connectivity index (χ2v) is 4.82. The van der Waals surface area contributed by atoms with Crippen LogP contribution < -0.4 is 10.5 Å². The number of carbonyl (C=O) groups is 1. The summed E-state index contributed by atoms with van der Waals surface area (Å²) in [5, 5.41) is 13.0. The molecule has 0 atom stereocenters. The van der Waals surface area contributed by atoms with Gasteiger partial charge in [-0.15, -0.1) is 0 Å². The van der Waals surface area contributed by atoms with Gasteiger partial charge in [0.2, 0.25) is 0 Å². The van der Waals surface area contributed by atoms with Crippen molar-refractivity contribution in [3.8, 4) is 0 Å². The highest BCUT2D eigenvalue weighted by atomic mass is 16.4. The first-order valence-electron chi connectivity index (χ1n) is 6.86. The van der Waals surface area contributed by atoms with Gasteiger partial charge in [0.05, 0.1) is 18.4 Å². The average Bonchev–Trinajstić information content (AvgIpc) is 2.94. The maximum atomic E-state index is 12.0. The van der Waals surface area contributed by atoms with Gasteiger partial charge in [-0.2, -0.15) is 5.10 Å². The molecule has 0 spiro atoms. The second-order valence-electron chi connectivity index (χ2n) is 4.82. The van der Waals surface area contributed by atoms with Gasteiger partial charge in [-0.1, -0.05) is 13.0 Å². The Morgan fingerprint density at radius 3 is 2.70 bits per heavy atom. The zero-order valence-corrected chi connectivity index (χ0v) is 11.6. The number of anilines is 1. The third kappa shape index (κ3) is 3.26. The summed E-state index contributed by atoms with van der Waals surface area (Å²) >= 11 is 0. The predicted molar refractivity (Wildman–Crippen MR) is 76.0 cm³/mol. The smallest absolute Gasteiger partial charge is 0.331 e. The molecule has 1 fully saturated rings. The molecule has 0 bridgehead atoms. The van der Waals surface area contributed by atoms with Gasteiger partial charge in [0.1, 0.15) is 0 Å². The summed E-state index contributed by atoms with van der Waals surface area (Å²) in [5.74, 6) is -0.950. The number of carboxylic acid groups (broad SMARTS) is 1. The summed E-state index contributed by atoms with van der Waals surface area (Å²) in [6.07, 6.45) is 5.92. The molecule has 0 aliphatic carbocycles. The summed E-state index contributed by atoms with van der Waals surface area (Å²) in [6, 6.07) is 1.57. The molecule has 0 aromatic carbocycles. The SMILES string of the molecule is CCC(=CCn1ncc(N2CCCC2)cc1=O)C(=O)O. The van der Waals surface area contributed by atoms with Gasteiger partial charge in [0.25, 0.3) is 5.56 Å². The van der Waals surface area contributed by atoms with Crippen molar-refractivity contribution in [3.63, 3.8) is 0 Å². The van der Waals surface area contributed by atoms with Crippen molar-refractivity contribution in [1.82, 2.24) is 9.78 Å². The Labute approximate surface area is 117 Å². The largest absolute Gasteiger partial charge is 0.478 e. The molecule has 20 heavy (non-hydrogen) atoms. The quantitative estimate of drug-likeness (QED) is 0.820. The first-order valence-corrected chi connectivity index (χ1v) is 6.86. The van der Waals surface area contributed by atoms with Crippen LogP contribution in [0.15, 0.2) is 28.7 Å². The molecule has 1 N–H and O–H groups in total. The van der Waals surface area contributed by atoms with Gasteiger partial charge in [-0.05, 0) is 19.3 Å². The number of carboxylic acids is 1. The van der Waals surface area contributed by atoms with Crippen molar-refractivity contribution in [2.45, 2.75) is 32.7 Å². The fourth-order valence-corrected chi connectivity index (χ4v) is 2.29. The van der Waals surface area contributed by atoms with E-state index in [1.165, 1.54) is 10.8 Å². The van der Waals surface area contributed by atoms with Gasteiger partial charge in [0.15, 0.2) is 0 Å². The molecule has 2 rings (SSSR count). The van der Waals surface area contributed by atoms with E-state index in [-0.39, 0.29) is 12.1 Å². The lowest BCUT2D eigenvalue weighted by Crippen LogP contribution is -2.26. The molecule has 108 valence electrons. The van der Waals surface area contributed by atoms with E-state index in [9.17, 15) is 9.59 Å². The fraction of sp³-hybridized carbons (Fsp3) is 0.500. The van der Waals surface area contributed by atoms with Crippen molar-refractivity contribution in [2.75, 3.05) is 18.0 Å². The summed E-state index contributed by atoms with van der Waals surface area (Å²) in [4.78, 5) is 25.0. The monoisotopic (exact) mass is 277 g/mol. The van der Waals surface area contributed by atoms with Gasteiger partial charge in [-0.3, -0.25) is 4.79 Å². The van der Waals surface area contributed by atoms with Crippen LogP contribution in [0.3, 0.4) is 0 Å². The molecule has 6 heteroatoms. The Hall–Kier alpha value is -2.11. The summed E-state index contributed by atoms with van der Waals surface area (Å²) in [7, 11) is 0. The van der Waals surface area contributed by atoms with Crippen molar-refractivity contribution >= 4 is 11.7 Å². The Morgan fingerprint density at radius 2 is 2.15 bits per heavy atom. The van der Waals surface area contributed by atoms with Crippen LogP contribution in [-0.4, -0.2) is 33.9 Å². The van der Waals surface area contributed by atoms with Crippen LogP contribution >= 0.6 is 0 Å². The van der Waals surface area contributed by atoms with Crippen LogP contribution in [0.1, 0.15) is 26.2 Å². The number of aromatic nitrogens is 2. The lowest BCUT2D eigenvalue weighted by molar-refractivity contribution is -0.132. The van der Waals surface area contributed by atoms with Crippen LogP contribution in [0.25, 0.3) is 0 Å². The normalized spacial score (nSPS) is 15.7. The van der Waals surface area contributed by atoms with E-state index in [1.54, 1.807) is 19.2 Å². The fourth-order valence-electron chi connectivity index (χ4n) is 2.29. The molecular formula is C14H19N3O3. The van der Waals surface area contributed by atoms with Crippen molar-refractivity contribution in [1.29, 1.82) is 0 Å². The maximum Gasteiger partial charge on any atom is 0.331 e. The van der Waals surface area contributed by atoms with Crippen molar-refractivity contribution in [2.24, 2.45) is 0 Å².